The third-order valence-electron chi connectivity index (χ3n) is 3.87. The van der Waals surface area contributed by atoms with Crippen LogP contribution in [0.25, 0.3) is 0 Å². The number of ether oxygens (including phenoxy) is 3. The number of carbonyl (C=O) groups excluding carboxylic acids is 1. The van der Waals surface area contributed by atoms with Crippen LogP contribution < -0.4 is 19.5 Å². The second kappa shape index (κ2) is 10.3. The molecule has 0 spiro atoms. The quantitative estimate of drug-likeness (QED) is 0.660. The zero-order chi connectivity index (χ0) is 18.8. The summed E-state index contributed by atoms with van der Waals surface area (Å²) >= 11 is 0. The van der Waals surface area contributed by atoms with E-state index in [-0.39, 0.29) is 5.91 Å². The van der Waals surface area contributed by atoms with Crippen molar-refractivity contribution in [2.45, 2.75) is 32.8 Å². The van der Waals surface area contributed by atoms with Gasteiger partial charge in [0.1, 0.15) is 23.9 Å². The summed E-state index contributed by atoms with van der Waals surface area (Å²) in [4.78, 5) is 12.1. The molecule has 5 heteroatoms. The van der Waals surface area contributed by atoms with E-state index in [0.29, 0.717) is 18.9 Å². The highest BCUT2D eigenvalue weighted by Crippen LogP contribution is 2.18. The predicted octanol–water partition coefficient (Wildman–Crippen LogP) is 3.61. The lowest BCUT2D eigenvalue weighted by Crippen LogP contribution is -2.38. The van der Waals surface area contributed by atoms with Gasteiger partial charge < -0.3 is 19.5 Å². The summed E-state index contributed by atoms with van der Waals surface area (Å²) in [5, 5.41) is 2.81. The number of hydrogen-bond donors (Lipinski definition) is 1. The van der Waals surface area contributed by atoms with Crippen LogP contribution in [-0.4, -0.2) is 32.3 Å². The fourth-order valence-corrected chi connectivity index (χ4v) is 2.44. The Hall–Kier alpha value is -2.69. The molecule has 0 bridgehead atoms. The summed E-state index contributed by atoms with van der Waals surface area (Å²) < 4.78 is 16.4. The van der Waals surface area contributed by atoms with Gasteiger partial charge in [-0.25, -0.2) is 0 Å². The van der Waals surface area contributed by atoms with Crippen molar-refractivity contribution < 1.29 is 19.0 Å². The summed E-state index contributed by atoms with van der Waals surface area (Å²) in [5.41, 5.74) is 1.30. The van der Waals surface area contributed by atoms with E-state index < -0.39 is 6.10 Å². The van der Waals surface area contributed by atoms with E-state index in [0.717, 1.165) is 24.3 Å². The number of nitrogens with one attached hydrogen (secondary N) is 1. The van der Waals surface area contributed by atoms with Crippen molar-refractivity contribution in [3.05, 3.63) is 54.1 Å². The van der Waals surface area contributed by atoms with Crippen LogP contribution >= 0.6 is 0 Å². The van der Waals surface area contributed by atoms with Crippen LogP contribution in [0, 0.1) is 0 Å². The molecule has 2 rings (SSSR count). The lowest BCUT2D eigenvalue weighted by atomic mass is 10.1. The van der Waals surface area contributed by atoms with Crippen LogP contribution in [0.1, 0.15) is 25.8 Å². The van der Waals surface area contributed by atoms with Crippen LogP contribution in [0.15, 0.2) is 48.5 Å². The zero-order valence-electron chi connectivity index (χ0n) is 15.7. The van der Waals surface area contributed by atoms with Crippen LogP contribution in [0.2, 0.25) is 0 Å². The third-order valence-corrected chi connectivity index (χ3v) is 3.87. The van der Waals surface area contributed by atoms with E-state index in [1.165, 1.54) is 5.56 Å². The molecule has 0 heterocycles. The van der Waals surface area contributed by atoms with Gasteiger partial charge in [0.15, 0.2) is 6.10 Å². The monoisotopic (exact) mass is 357 g/mol. The zero-order valence-corrected chi connectivity index (χ0v) is 15.7. The van der Waals surface area contributed by atoms with Gasteiger partial charge in [0.05, 0.1) is 13.7 Å². The van der Waals surface area contributed by atoms with Gasteiger partial charge in [0.2, 0.25) is 0 Å². The molecule has 5 nitrogen and oxygen atoms in total. The molecule has 1 N–H and O–H groups in total. The fraction of sp³-hybridized carbons (Fsp3) is 0.381. The molecule has 2 aromatic carbocycles. The molecule has 26 heavy (non-hydrogen) atoms. The van der Waals surface area contributed by atoms with Crippen molar-refractivity contribution in [3.8, 4) is 17.2 Å². The molecule has 2 aromatic rings. The number of benzene rings is 2. The molecule has 1 atom stereocenters. The van der Waals surface area contributed by atoms with Crippen LogP contribution in [0.4, 0.5) is 0 Å². The molecule has 0 fully saturated rings. The molecule has 140 valence electrons. The molecule has 1 amide bonds. The Bertz CT molecular complexity index is 667. The van der Waals surface area contributed by atoms with E-state index in [4.69, 9.17) is 14.2 Å². The topological polar surface area (TPSA) is 56.8 Å². The van der Waals surface area contributed by atoms with Crippen LogP contribution in [0.3, 0.4) is 0 Å². The van der Waals surface area contributed by atoms with Gasteiger partial charge in [-0.15, -0.1) is 0 Å². The first-order valence-electron chi connectivity index (χ1n) is 8.92. The molecular formula is C21H27NO4. The van der Waals surface area contributed by atoms with Crippen molar-refractivity contribution >= 4 is 5.91 Å². The Morgan fingerprint density at radius 2 is 1.62 bits per heavy atom. The second-order valence-electron chi connectivity index (χ2n) is 5.97. The van der Waals surface area contributed by atoms with E-state index >= 15 is 0 Å². The minimum atomic E-state index is -0.586. The molecule has 0 aliphatic carbocycles. The molecule has 0 unspecified atom stereocenters. The first kappa shape index (κ1) is 19.6. The predicted molar refractivity (Wildman–Crippen MR) is 102 cm³/mol. The van der Waals surface area contributed by atoms with Crippen molar-refractivity contribution in [3.63, 3.8) is 0 Å². The maximum absolute atomic E-state index is 12.1. The lowest BCUT2D eigenvalue weighted by molar-refractivity contribution is -0.127. The summed E-state index contributed by atoms with van der Waals surface area (Å²) in [6.07, 6.45) is 1.61. The number of hydrogen-bond acceptors (Lipinski definition) is 4. The number of amides is 1. The van der Waals surface area contributed by atoms with Crippen molar-refractivity contribution in [1.82, 2.24) is 5.32 Å². The molecule has 0 radical (unpaired) electrons. The van der Waals surface area contributed by atoms with Crippen LogP contribution in [0.5, 0.6) is 17.2 Å². The standard InChI is InChI=1S/C21H27NO4/c1-4-5-17-6-8-19(9-7-17)25-15-14-22-21(23)16(2)26-20-12-10-18(24-3)11-13-20/h6-13,16H,4-5,14-15H2,1-3H3,(H,22,23)/t16-/m0/s1. The fourth-order valence-electron chi connectivity index (χ4n) is 2.44. The van der Waals surface area contributed by atoms with Gasteiger partial charge >= 0.3 is 0 Å². The summed E-state index contributed by atoms with van der Waals surface area (Å²) in [7, 11) is 1.60. The molecule has 0 saturated heterocycles. The second-order valence-corrected chi connectivity index (χ2v) is 5.97. The SMILES string of the molecule is CCCc1ccc(OCCNC(=O)[C@H](C)Oc2ccc(OC)cc2)cc1. The van der Waals surface area contributed by atoms with Gasteiger partial charge in [0.25, 0.3) is 5.91 Å². The summed E-state index contributed by atoms with van der Waals surface area (Å²) in [5.74, 6) is 2.00. The first-order valence-corrected chi connectivity index (χ1v) is 8.92. The van der Waals surface area contributed by atoms with Gasteiger partial charge in [-0.1, -0.05) is 25.5 Å². The van der Waals surface area contributed by atoms with Gasteiger partial charge in [0, 0.05) is 0 Å². The Kier molecular flexibility index (Phi) is 7.80. The van der Waals surface area contributed by atoms with E-state index in [9.17, 15) is 4.79 Å². The average molecular weight is 357 g/mol. The van der Waals surface area contributed by atoms with E-state index in [1.54, 1.807) is 38.3 Å². The Balaban J connectivity index is 1.68. The maximum Gasteiger partial charge on any atom is 0.260 e. The number of aryl methyl sites for hydroxylation is 1. The van der Waals surface area contributed by atoms with Gasteiger partial charge in [-0.2, -0.15) is 0 Å². The van der Waals surface area contributed by atoms with Crippen molar-refractivity contribution in [2.75, 3.05) is 20.3 Å². The smallest absolute Gasteiger partial charge is 0.260 e. The molecule has 0 aromatic heterocycles. The van der Waals surface area contributed by atoms with E-state index in [1.807, 2.05) is 12.1 Å². The van der Waals surface area contributed by atoms with Crippen molar-refractivity contribution in [1.29, 1.82) is 0 Å². The number of carbonyl (C=O) groups is 1. The normalized spacial score (nSPS) is 11.5. The molecule has 0 saturated carbocycles. The first-order chi connectivity index (χ1) is 12.6. The molecular weight excluding hydrogens is 330 g/mol. The van der Waals surface area contributed by atoms with Gasteiger partial charge in [-0.05, 0) is 55.3 Å². The summed E-state index contributed by atoms with van der Waals surface area (Å²) in [6.45, 7) is 4.71. The Morgan fingerprint density at radius 3 is 2.23 bits per heavy atom. The van der Waals surface area contributed by atoms with Gasteiger partial charge in [-0.3, -0.25) is 4.79 Å². The average Bonchev–Trinajstić information content (AvgIpc) is 2.67. The Morgan fingerprint density at radius 1 is 1.00 bits per heavy atom. The lowest BCUT2D eigenvalue weighted by Gasteiger charge is -2.15. The Labute approximate surface area is 155 Å². The number of methoxy groups -OCH3 is 1. The van der Waals surface area contributed by atoms with Crippen LogP contribution in [-0.2, 0) is 11.2 Å². The molecule has 0 aliphatic heterocycles. The molecule has 0 aliphatic rings. The highest BCUT2D eigenvalue weighted by molar-refractivity contribution is 5.80. The van der Waals surface area contributed by atoms with E-state index in [2.05, 4.69) is 24.4 Å². The third kappa shape index (κ3) is 6.31. The van der Waals surface area contributed by atoms with Crippen molar-refractivity contribution in [2.24, 2.45) is 0 Å². The minimum Gasteiger partial charge on any atom is -0.497 e. The number of rotatable bonds is 10. The minimum absolute atomic E-state index is 0.178. The highest BCUT2D eigenvalue weighted by Gasteiger charge is 2.14. The highest BCUT2D eigenvalue weighted by atomic mass is 16.5. The maximum atomic E-state index is 12.1. The largest absolute Gasteiger partial charge is 0.497 e. The summed E-state index contributed by atoms with van der Waals surface area (Å²) in [6, 6.07) is 15.2.